The lowest BCUT2D eigenvalue weighted by molar-refractivity contribution is -0.121. The number of ether oxygens (including phenoxy) is 3. The van der Waals surface area contributed by atoms with Crippen molar-refractivity contribution in [3.05, 3.63) is 65.0 Å². The topological polar surface area (TPSA) is 74.6 Å². The molecule has 0 aliphatic rings. The first-order chi connectivity index (χ1) is 15.0. The molecule has 31 heavy (non-hydrogen) atoms. The van der Waals surface area contributed by atoms with E-state index in [1.807, 2.05) is 61.0 Å². The van der Waals surface area contributed by atoms with Crippen molar-refractivity contribution in [2.24, 2.45) is 0 Å². The third kappa shape index (κ3) is 5.17. The summed E-state index contributed by atoms with van der Waals surface area (Å²) in [5.74, 6) is 2.07. The van der Waals surface area contributed by atoms with Crippen LogP contribution in [0.3, 0.4) is 0 Å². The third-order valence-electron chi connectivity index (χ3n) is 5.28. The first-order valence-electron chi connectivity index (χ1n) is 10.1. The maximum absolute atomic E-state index is 12.4. The lowest BCUT2D eigenvalue weighted by Gasteiger charge is -2.10. The van der Waals surface area contributed by atoms with Gasteiger partial charge < -0.3 is 19.5 Å². The number of rotatable bonds is 9. The first-order valence-corrected chi connectivity index (χ1v) is 10.1. The Bertz CT molecular complexity index is 1060. The molecular formula is C24H29N3O4. The number of nitrogens with zero attached hydrogens (tertiary/aromatic N) is 2. The maximum atomic E-state index is 12.4. The zero-order chi connectivity index (χ0) is 22.4. The summed E-state index contributed by atoms with van der Waals surface area (Å²) in [4.78, 5) is 12.4. The van der Waals surface area contributed by atoms with Gasteiger partial charge in [-0.1, -0.05) is 12.1 Å². The highest BCUT2D eigenvalue weighted by atomic mass is 16.5. The van der Waals surface area contributed by atoms with E-state index < -0.39 is 0 Å². The van der Waals surface area contributed by atoms with Crippen molar-refractivity contribution in [3.63, 3.8) is 0 Å². The highest BCUT2D eigenvalue weighted by molar-refractivity contribution is 5.76. The molecule has 7 heteroatoms. The van der Waals surface area contributed by atoms with Gasteiger partial charge in [-0.15, -0.1) is 0 Å². The standard InChI is InChI=1S/C24H29N3O4/c1-16-21(17(2)27(26-16)19-7-6-8-20(14-19)29-3)10-12-24(28)25-15-18-9-11-22(30-4)23(13-18)31-5/h6-9,11,13-14H,10,12,15H2,1-5H3,(H,25,28). The van der Waals surface area contributed by atoms with Crippen LogP contribution in [0.5, 0.6) is 17.2 Å². The van der Waals surface area contributed by atoms with E-state index in [4.69, 9.17) is 14.2 Å². The highest BCUT2D eigenvalue weighted by Crippen LogP contribution is 2.27. The summed E-state index contributed by atoms with van der Waals surface area (Å²) in [7, 11) is 4.84. The zero-order valence-corrected chi connectivity index (χ0v) is 18.7. The third-order valence-corrected chi connectivity index (χ3v) is 5.28. The van der Waals surface area contributed by atoms with Crippen molar-refractivity contribution in [2.45, 2.75) is 33.2 Å². The Morgan fingerprint density at radius 2 is 1.77 bits per heavy atom. The van der Waals surface area contributed by atoms with E-state index in [2.05, 4.69) is 10.4 Å². The minimum absolute atomic E-state index is 0.0114. The van der Waals surface area contributed by atoms with Gasteiger partial charge in [0.25, 0.3) is 0 Å². The molecule has 0 fully saturated rings. The molecule has 2 aromatic carbocycles. The average molecular weight is 424 g/mol. The molecular weight excluding hydrogens is 394 g/mol. The first kappa shape index (κ1) is 22.2. The largest absolute Gasteiger partial charge is 0.497 e. The summed E-state index contributed by atoms with van der Waals surface area (Å²) in [6, 6.07) is 13.4. The van der Waals surface area contributed by atoms with Crippen LogP contribution in [0.2, 0.25) is 0 Å². The lowest BCUT2D eigenvalue weighted by atomic mass is 10.1. The van der Waals surface area contributed by atoms with Crippen LogP contribution < -0.4 is 19.5 Å². The van der Waals surface area contributed by atoms with Gasteiger partial charge in [-0.25, -0.2) is 4.68 Å². The molecule has 0 unspecified atom stereocenters. The number of carbonyl (C=O) groups excluding carboxylic acids is 1. The van der Waals surface area contributed by atoms with Crippen LogP contribution in [0.4, 0.5) is 0 Å². The zero-order valence-electron chi connectivity index (χ0n) is 18.7. The minimum atomic E-state index is -0.0114. The smallest absolute Gasteiger partial charge is 0.220 e. The molecule has 3 aromatic rings. The van der Waals surface area contributed by atoms with Crippen LogP contribution in [-0.2, 0) is 17.8 Å². The van der Waals surface area contributed by atoms with Gasteiger partial charge in [-0.3, -0.25) is 4.79 Å². The second kappa shape index (κ2) is 10.0. The number of benzene rings is 2. The molecule has 1 N–H and O–H groups in total. The molecule has 0 aliphatic carbocycles. The number of aromatic nitrogens is 2. The van der Waals surface area contributed by atoms with Gasteiger partial charge in [0.05, 0.1) is 32.7 Å². The van der Waals surface area contributed by atoms with Gasteiger partial charge in [0.1, 0.15) is 5.75 Å². The predicted octanol–water partition coefficient (Wildman–Crippen LogP) is 3.76. The second-order valence-electron chi connectivity index (χ2n) is 7.23. The van der Waals surface area contributed by atoms with Gasteiger partial charge in [-0.2, -0.15) is 5.10 Å². The highest BCUT2D eigenvalue weighted by Gasteiger charge is 2.15. The summed E-state index contributed by atoms with van der Waals surface area (Å²) in [5.41, 5.74) is 4.92. The fourth-order valence-electron chi connectivity index (χ4n) is 3.55. The van der Waals surface area contributed by atoms with Crippen molar-refractivity contribution in [2.75, 3.05) is 21.3 Å². The Morgan fingerprint density at radius 1 is 1.00 bits per heavy atom. The van der Waals surface area contributed by atoms with Gasteiger partial charge >= 0.3 is 0 Å². The van der Waals surface area contributed by atoms with E-state index in [9.17, 15) is 4.79 Å². The fraction of sp³-hybridized carbons (Fsp3) is 0.333. The molecule has 0 bridgehead atoms. The van der Waals surface area contributed by atoms with Crippen molar-refractivity contribution in [1.82, 2.24) is 15.1 Å². The minimum Gasteiger partial charge on any atom is -0.497 e. The molecule has 0 saturated heterocycles. The van der Waals surface area contributed by atoms with Crippen LogP contribution in [0.15, 0.2) is 42.5 Å². The molecule has 0 saturated carbocycles. The Morgan fingerprint density at radius 3 is 2.48 bits per heavy atom. The monoisotopic (exact) mass is 423 g/mol. The molecule has 0 radical (unpaired) electrons. The quantitative estimate of drug-likeness (QED) is 0.567. The van der Waals surface area contributed by atoms with Crippen LogP contribution in [0.1, 0.15) is 28.9 Å². The summed E-state index contributed by atoms with van der Waals surface area (Å²) < 4.78 is 17.8. The maximum Gasteiger partial charge on any atom is 0.220 e. The van der Waals surface area contributed by atoms with Crippen LogP contribution >= 0.6 is 0 Å². The molecule has 0 atom stereocenters. The van der Waals surface area contributed by atoms with Gasteiger partial charge in [0.2, 0.25) is 5.91 Å². The van der Waals surface area contributed by atoms with Crippen molar-refractivity contribution >= 4 is 5.91 Å². The molecule has 1 aromatic heterocycles. The van der Waals surface area contributed by atoms with Crippen molar-refractivity contribution < 1.29 is 19.0 Å². The number of hydrogen-bond acceptors (Lipinski definition) is 5. The number of nitrogens with one attached hydrogen (secondary N) is 1. The average Bonchev–Trinajstić information content (AvgIpc) is 3.09. The van der Waals surface area contributed by atoms with Crippen LogP contribution in [0, 0.1) is 13.8 Å². The number of carbonyl (C=O) groups is 1. The SMILES string of the molecule is COc1cccc(-n2nc(C)c(CCC(=O)NCc3ccc(OC)c(OC)c3)c2C)c1. The van der Waals surface area contributed by atoms with Gasteiger partial charge in [0.15, 0.2) is 11.5 Å². The van der Waals surface area contributed by atoms with E-state index in [0.29, 0.717) is 30.9 Å². The lowest BCUT2D eigenvalue weighted by Crippen LogP contribution is -2.23. The molecule has 164 valence electrons. The van der Waals surface area contributed by atoms with E-state index in [-0.39, 0.29) is 5.91 Å². The molecule has 1 amide bonds. The van der Waals surface area contributed by atoms with E-state index in [0.717, 1.165) is 34.0 Å². The molecule has 1 heterocycles. The summed E-state index contributed by atoms with van der Waals surface area (Å²) in [6.07, 6.45) is 1.01. The normalized spacial score (nSPS) is 10.6. The second-order valence-corrected chi connectivity index (χ2v) is 7.23. The van der Waals surface area contributed by atoms with Crippen molar-refractivity contribution in [1.29, 1.82) is 0 Å². The molecule has 3 rings (SSSR count). The number of aryl methyl sites for hydroxylation is 1. The van der Waals surface area contributed by atoms with E-state index >= 15 is 0 Å². The number of amides is 1. The number of methoxy groups -OCH3 is 3. The summed E-state index contributed by atoms with van der Waals surface area (Å²) >= 11 is 0. The molecule has 0 aliphatic heterocycles. The Kier molecular flexibility index (Phi) is 7.18. The van der Waals surface area contributed by atoms with E-state index in [1.165, 1.54) is 0 Å². The Balaban J connectivity index is 1.62. The molecule has 7 nitrogen and oxygen atoms in total. The van der Waals surface area contributed by atoms with E-state index in [1.54, 1.807) is 21.3 Å². The van der Waals surface area contributed by atoms with Crippen molar-refractivity contribution in [3.8, 4) is 22.9 Å². The summed E-state index contributed by atoms with van der Waals surface area (Å²) in [5, 5.41) is 7.64. The van der Waals surface area contributed by atoms with Crippen LogP contribution in [0.25, 0.3) is 5.69 Å². The fourth-order valence-corrected chi connectivity index (χ4v) is 3.55. The Hall–Kier alpha value is -3.48. The molecule has 0 spiro atoms. The van der Waals surface area contributed by atoms with Gasteiger partial charge in [-0.05, 0) is 55.7 Å². The van der Waals surface area contributed by atoms with Gasteiger partial charge in [0, 0.05) is 24.7 Å². The summed E-state index contributed by atoms with van der Waals surface area (Å²) in [6.45, 7) is 4.43. The van der Waals surface area contributed by atoms with Crippen LogP contribution in [-0.4, -0.2) is 37.0 Å². The Labute approximate surface area is 182 Å². The number of hydrogen-bond donors (Lipinski definition) is 1. The predicted molar refractivity (Wildman–Crippen MR) is 119 cm³/mol.